The van der Waals surface area contributed by atoms with Crippen molar-refractivity contribution in [2.75, 3.05) is 26.8 Å². The Hall–Kier alpha value is -2.63. The normalized spacial score (nSPS) is 15.0. The van der Waals surface area contributed by atoms with Gasteiger partial charge in [0.25, 0.3) is 5.91 Å². The number of methoxy groups -OCH3 is 1. The number of aryl methyl sites for hydroxylation is 1. The smallest absolute Gasteiger partial charge is 0.253 e. The number of carbonyl (C=O) groups excluding carboxylic acids is 1. The Morgan fingerprint density at radius 2 is 2.04 bits per heavy atom. The molecule has 1 fully saturated rings. The zero-order valence-electron chi connectivity index (χ0n) is 15.1. The van der Waals surface area contributed by atoms with Crippen LogP contribution in [0.2, 0.25) is 0 Å². The summed E-state index contributed by atoms with van der Waals surface area (Å²) in [6.45, 7) is 3.85. The maximum atomic E-state index is 13.8. The van der Waals surface area contributed by atoms with Gasteiger partial charge in [-0.2, -0.15) is 0 Å². The molecule has 1 aliphatic rings. The molecule has 1 saturated heterocycles. The lowest BCUT2D eigenvalue weighted by Gasteiger charge is -2.32. The van der Waals surface area contributed by atoms with Gasteiger partial charge in [-0.3, -0.25) is 9.78 Å². The summed E-state index contributed by atoms with van der Waals surface area (Å²) in [5.41, 5.74) is 1.28. The van der Waals surface area contributed by atoms with Crippen LogP contribution in [0.5, 0.6) is 11.5 Å². The van der Waals surface area contributed by atoms with Crippen molar-refractivity contribution in [3.8, 4) is 11.5 Å². The first-order valence-corrected chi connectivity index (χ1v) is 8.75. The molecule has 26 heavy (non-hydrogen) atoms. The zero-order chi connectivity index (χ0) is 18.5. The van der Waals surface area contributed by atoms with Gasteiger partial charge >= 0.3 is 0 Å². The third-order valence-corrected chi connectivity index (χ3v) is 4.65. The predicted octanol–water partition coefficient (Wildman–Crippen LogP) is 3.47. The van der Waals surface area contributed by atoms with Crippen LogP contribution >= 0.6 is 0 Å². The van der Waals surface area contributed by atoms with E-state index >= 15 is 0 Å². The van der Waals surface area contributed by atoms with E-state index in [1.165, 1.54) is 19.2 Å². The first-order valence-electron chi connectivity index (χ1n) is 8.75. The van der Waals surface area contributed by atoms with E-state index in [0.29, 0.717) is 31.2 Å². The van der Waals surface area contributed by atoms with Gasteiger partial charge < -0.3 is 14.4 Å². The second kappa shape index (κ2) is 8.17. The first kappa shape index (κ1) is 18.2. The molecule has 1 aliphatic heterocycles. The number of hydrogen-bond acceptors (Lipinski definition) is 4. The van der Waals surface area contributed by atoms with E-state index in [4.69, 9.17) is 9.47 Å². The second-order valence-electron chi connectivity index (χ2n) is 6.53. The van der Waals surface area contributed by atoms with Crippen molar-refractivity contribution in [3.05, 3.63) is 53.6 Å². The highest BCUT2D eigenvalue weighted by Crippen LogP contribution is 2.23. The number of nitrogens with zero attached hydrogens (tertiary/aromatic N) is 2. The SMILES string of the molecule is COc1ccc(C(=O)N2CCC(COc3ccnc(C)c3)CC2)cc1F. The predicted molar refractivity (Wildman–Crippen MR) is 96.0 cm³/mol. The fraction of sp³-hybridized carbons (Fsp3) is 0.400. The summed E-state index contributed by atoms with van der Waals surface area (Å²) in [6, 6.07) is 8.09. The minimum absolute atomic E-state index is 0.142. The van der Waals surface area contributed by atoms with Gasteiger partial charge in [0.1, 0.15) is 5.75 Å². The van der Waals surface area contributed by atoms with E-state index in [1.807, 2.05) is 19.1 Å². The summed E-state index contributed by atoms with van der Waals surface area (Å²) < 4.78 is 24.5. The molecular weight excluding hydrogens is 335 g/mol. The maximum Gasteiger partial charge on any atom is 0.253 e. The van der Waals surface area contributed by atoms with Crippen LogP contribution in [-0.4, -0.2) is 42.6 Å². The van der Waals surface area contributed by atoms with Gasteiger partial charge in [0.15, 0.2) is 11.6 Å². The number of rotatable bonds is 5. The molecule has 0 N–H and O–H groups in total. The monoisotopic (exact) mass is 358 g/mol. The number of likely N-dealkylation sites (tertiary alicyclic amines) is 1. The van der Waals surface area contributed by atoms with E-state index < -0.39 is 5.82 Å². The maximum absolute atomic E-state index is 13.8. The van der Waals surface area contributed by atoms with Crippen molar-refractivity contribution in [2.24, 2.45) is 5.92 Å². The number of halogens is 1. The summed E-state index contributed by atoms with van der Waals surface area (Å²) in [6.07, 6.45) is 3.48. The van der Waals surface area contributed by atoms with Gasteiger partial charge in [-0.25, -0.2) is 4.39 Å². The lowest BCUT2D eigenvalue weighted by molar-refractivity contribution is 0.0660. The molecule has 0 saturated carbocycles. The van der Waals surface area contributed by atoms with Gasteiger partial charge in [0.05, 0.1) is 13.7 Å². The molecule has 0 unspecified atom stereocenters. The number of carbonyl (C=O) groups is 1. The number of ether oxygens (including phenoxy) is 2. The highest BCUT2D eigenvalue weighted by molar-refractivity contribution is 5.94. The van der Waals surface area contributed by atoms with E-state index in [-0.39, 0.29) is 11.7 Å². The van der Waals surface area contributed by atoms with Gasteiger partial charge in [-0.15, -0.1) is 0 Å². The minimum atomic E-state index is -0.519. The number of aromatic nitrogens is 1. The van der Waals surface area contributed by atoms with Crippen LogP contribution in [0.15, 0.2) is 36.5 Å². The van der Waals surface area contributed by atoms with Crippen molar-refractivity contribution in [3.63, 3.8) is 0 Å². The third kappa shape index (κ3) is 4.31. The molecule has 0 radical (unpaired) electrons. The fourth-order valence-electron chi connectivity index (χ4n) is 3.11. The quantitative estimate of drug-likeness (QED) is 0.821. The summed E-state index contributed by atoms with van der Waals surface area (Å²) in [7, 11) is 1.40. The van der Waals surface area contributed by atoms with Crippen LogP contribution in [0, 0.1) is 18.7 Å². The van der Waals surface area contributed by atoms with Gasteiger partial charge in [-0.05, 0) is 49.9 Å². The molecule has 2 aromatic rings. The van der Waals surface area contributed by atoms with Crippen LogP contribution in [-0.2, 0) is 0 Å². The molecule has 6 heteroatoms. The lowest BCUT2D eigenvalue weighted by atomic mass is 9.97. The third-order valence-electron chi connectivity index (χ3n) is 4.65. The zero-order valence-corrected chi connectivity index (χ0v) is 15.1. The number of piperidine rings is 1. The van der Waals surface area contributed by atoms with Crippen LogP contribution in [0.3, 0.4) is 0 Å². The Balaban J connectivity index is 1.51. The first-order chi connectivity index (χ1) is 12.6. The Morgan fingerprint density at radius 1 is 1.27 bits per heavy atom. The van der Waals surface area contributed by atoms with Crippen LogP contribution in [0.1, 0.15) is 28.9 Å². The second-order valence-corrected chi connectivity index (χ2v) is 6.53. The Bertz CT molecular complexity index is 773. The van der Waals surface area contributed by atoms with E-state index in [2.05, 4.69) is 4.98 Å². The average molecular weight is 358 g/mol. The molecule has 1 aromatic carbocycles. The largest absolute Gasteiger partial charge is 0.494 e. The molecule has 0 atom stereocenters. The number of hydrogen-bond donors (Lipinski definition) is 0. The van der Waals surface area contributed by atoms with Gasteiger partial charge in [0.2, 0.25) is 0 Å². The standard InChI is InChI=1S/C20H23FN2O3/c1-14-11-17(5-8-22-14)26-13-15-6-9-23(10-7-15)20(24)16-3-4-19(25-2)18(21)12-16/h3-5,8,11-12,15H,6-7,9-10,13H2,1-2H3. The van der Waals surface area contributed by atoms with Crippen molar-refractivity contribution < 1.29 is 18.7 Å². The molecule has 5 nitrogen and oxygen atoms in total. The topological polar surface area (TPSA) is 51.7 Å². The highest BCUT2D eigenvalue weighted by atomic mass is 19.1. The van der Waals surface area contributed by atoms with E-state index in [0.717, 1.165) is 24.3 Å². The van der Waals surface area contributed by atoms with Gasteiger partial charge in [0, 0.05) is 36.6 Å². The number of benzene rings is 1. The summed E-state index contributed by atoms with van der Waals surface area (Å²) in [5.74, 6) is 0.707. The Labute approximate surface area is 152 Å². The van der Waals surface area contributed by atoms with Crippen molar-refractivity contribution in [1.82, 2.24) is 9.88 Å². The number of pyridine rings is 1. The molecule has 2 heterocycles. The highest BCUT2D eigenvalue weighted by Gasteiger charge is 2.24. The minimum Gasteiger partial charge on any atom is -0.494 e. The molecule has 138 valence electrons. The fourth-order valence-corrected chi connectivity index (χ4v) is 3.11. The Kier molecular flexibility index (Phi) is 5.71. The average Bonchev–Trinajstić information content (AvgIpc) is 2.66. The molecule has 1 amide bonds. The van der Waals surface area contributed by atoms with Crippen molar-refractivity contribution in [2.45, 2.75) is 19.8 Å². The van der Waals surface area contributed by atoms with Crippen LogP contribution in [0.4, 0.5) is 4.39 Å². The van der Waals surface area contributed by atoms with E-state index in [1.54, 1.807) is 17.2 Å². The van der Waals surface area contributed by atoms with Crippen molar-refractivity contribution in [1.29, 1.82) is 0 Å². The Morgan fingerprint density at radius 3 is 2.69 bits per heavy atom. The summed E-state index contributed by atoms with van der Waals surface area (Å²) >= 11 is 0. The van der Waals surface area contributed by atoms with Crippen LogP contribution < -0.4 is 9.47 Å². The molecule has 0 aliphatic carbocycles. The summed E-state index contributed by atoms with van der Waals surface area (Å²) in [5, 5.41) is 0. The number of amides is 1. The van der Waals surface area contributed by atoms with E-state index in [9.17, 15) is 9.18 Å². The molecule has 0 spiro atoms. The summed E-state index contributed by atoms with van der Waals surface area (Å²) in [4.78, 5) is 18.5. The molecule has 0 bridgehead atoms. The van der Waals surface area contributed by atoms with Crippen molar-refractivity contribution >= 4 is 5.91 Å². The van der Waals surface area contributed by atoms with Crippen LogP contribution in [0.25, 0.3) is 0 Å². The molecule has 1 aromatic heterocycles. The van der Waals surface area contributed by atoms with Gasteiger partial charge in [-0.1, -0.05) is 0 Å². The molecule has 3 rings (SSSR count). The lowest BCUT2D eigenvalue weighted by Crippen LogP contribution is -2.39. The molecular formula is C20H23FN2O3.